The number of benzene rings is 1. The van der Waals surface area contributed by atoms with Crippen molar-refractivity contribution in [2.75, 3.05) is 6.61 Å². The van der Waals surface area contributed by atoms with Crippen molar-refractivity contribution in [1.29, 1.82) is 0 Å². The van der Waals surface area contributed by atoms with Crippen molar-refractivity contribution >= 4 is 11.0 Å². The Hall–Kier alpha value is -2.03. The van der Waals surface area contributed by atoms with E-state index in [2.05, 4.69) is 6.58 Å². The van der Waals surface area contributed by atoms with Gasteiger partial charge in [-0.25, -0.2) is 0 Å². The number of hydrogen-bond donors (Lipinski definition) is 0. The summed E-state index contributed by atoms with van der Waals surface area (Å²) in [5.41, 5.74) is 0.409. The molecule has 1 aromatic heterocycles. The van der Waals surface area contributed by atoms with Gasteiger partial charge in [0.1, 0.15) is 18.5 Å². The lowest BCUT2D eigenvalue weighted by atomic mass is 10.2. The van der Waals surface area contributed by atoms with E-state index in [1.54, 1.807) is 24.3 Å². The molecule has 3 nitrogen and oxygen atoms in total. The first kappa shape index (κ1) is 9.52. The van der Waals surface area contributed by atoms with Crippen LogP contribution in [0.4, 0.5) is 0 Å². The summed E-state index contributed by atoms with van der Waals surface area (Å²) in [4.78, 5) is 11.8. The van der Waals surface area contributed by atoms with E-state index in [9.17, 15) is 4.79 Å². The lowest BCUT2D eigenvalue weighted by molar-refractivity contribution is 0.348. The quantitative estimate of drug-likeness (QED) is 0.717. The van der Waals surface area contributed by atoms with Gasteiger partial charge in [-0.3, -0.25) is 4.79 Å². The summed E-state index contributed by atoms with van der Waals surface area (Å²) in [5, 5.41) is 0.527. The monoisotopic (exact) mass is 202 g/mol. The van der Waals surface area contributed by atoms with Crippen LogP contribution in [0.15, 0.2) is 52.4 Å². The SMILES string of the molecule is C=CCOc1coc2ccccc2c1=O. The zero-order valence-corrected chi connectivity index (χ0v) is 8.10. The van der Waals surface area contributed by atoms with Crippen molar-refractivity contribution in [3.05, 3.63) is 53.4 Å². The molecule has 76 valence electrons. The minimum atomic E-state index is -0.154. The molecule has 0 aliphatic carbocycles. The molecule has 0 spiro atoms. The maximum Gasteiger partial charge on any atom is 0.234 e. The first-order valence-electron chi connectivity index (χ1n) is 4.57. The lowest BCUT2D eigenvalue weighted by Crippen LogP contribution is -2.07. The van der Waals surface area contributed by atoms with Gasteiger partial charge in [-0.05, 0) is 12.1 Å². The molecule has 3 heteroatoms. The van der Waals surface area contributed by atoms with Gasteiger partial charge >= 0.3 is 0 Å². The zero-order valence-electron chi connectivity index (χ0n) is 8.10. The maximum atomic E-state index is 11.8. The van der Waals surface area contributed by atoms with Gasteiger partial charge in [-0.2, -0.15) is 0 Å². The van der Waals surface area contributed by atoms with Gasteiger partial charge < -0.3 is 9.15 Å². The van der Waals surface area contributed by atoms with Crippen LogP contribution in [0.5, 0.6) is 5.75 Å². The van der Waals surface area contributed by atoms with Gasteiger partial charge in [0, 0.05) is 0 Å². The van der Waals surface area contributed by atoms with Crippen molar-refractivity contribution in [3.63, 3.8) is 0 Å². The molecule has 0 aliphatic rings. The van der Waals surface area contributed by atoms with E-state index in [1.807, 2.05) is 6.07 Å². The Labute approximate surface area is 86.6 Å². The smallest absolute Gasteiger partial charge is 0.234 e. The molecule has 0 fully saturated rings. The highest BCUT2D eigenvalue weighted by molar-refractivity contribution is 5.77. The van der Waals surface area contributed by atoms with Crippen LogP contribution in [0.25, 0.3) is 11.0 Å². The molecule has 2 aromatic rings. The number of fused-ring (bicyclic) bond motifs is 1. The molecule has 0 unspecified atom stereocenters. The molecule has 0 bridgehead atoms. The summed E-state index contributed by atoms with van der Waals surface area (Å²) in [7, 11) is 0. The fraction of sp³-hybridized carbons (Fsp3) is 0.0833. The number of rotatable bonds is 3. The van der Waals surface area contributed by atoms with Crippen molar-refractivity contribution in [2.24, 2.45) is 0 Å². The molecule has 15 heavy (non-hydrogen) atoms. The van der Waals surface area contributed by atoms with Crippen molar-refractivity contribution < 1.29 is 9.15 Å². The average molecular weight is 202 g/mol. The van der Waals surface area contributed by atoms with E-state index in [0.717, 1.165) is 0 Å². The first-order chi connectivity index (χ1) is 7.33. The molecule has 1 aromatic carbocycles. The lowest BCUT2D eigenvalue weighted by Gasteiger charge is -2.02. The molecule has 0 amide bonds. The molecule has 0 saturated heterocycles. The van der Waals surface area contributed by atoms with E-state index >= 15 is 0 Å². The molecule has 0 aliphatic heterocycles. The molecule has 0 N–H and O–H groups in total. The normalized spacial score (nSPS) is 10.1. The van der Waals surface area contributed by atoms with Crippen molar-refractivity contribution in [2.45, 2.75) is 0 Å². The average Bonchev–Trinajstić information content (AvgIpc) is 2.29. The second-order valence-electron chi connectivity index (χ2n) is 3.02. The highest BCUT2D eigenvalue weighted by atomic mass is 16.5. The molecule has 1 heterocycles. The van der Waals surface area contributed by atoms with Crippen LogP contribution in [0.1, 0.15) is 0 Å². The van der Waals surface area contributed by atoms with Gasteiger partial charge in [0.05, 0.1) is 5.39 Å². The molecule has 0 radical (unpaired) electrons. The minimum absolute atomic E-state index is 0.154. The Bertz CT molecular complexity index is 540. The number of hydrogen-bond acceptors (Lipinski definition) is 3. The van der Waals surface area contributed by atoms with Crippen LogP contribution in [-0.4, -0.2) is 6.61 Å². The van der Waals surface area contributed by atoms with Crippen LogP contribution < -0.4 is 10.2 Å². The third-order valence-electron chi connectivity index (χ3n) is 2.01. The van der Waals surface area contributed by atoms with Crippen LogP contribution >= 0.6 is 0 Å². The molecular formula is C12H10O3. The Kier molecular flexibility index (Phi) is 2.54. The summed E-state index contributed by atoms with van der Waals surface area (Å²) in [6, 6.07) is 7.06. The van der Waals surface area contributed by atoms with E-state index in [1.165, 1.54) is 6.26 Å². The van der Waals surface area contributed by atoms with Crippen molar-refractivity contribution in [1.82, 2.24) is 0 Å². The summed E-state index contributed by atoms with van der Waals surface area (Å²) in [5.74, 6) is 0.216. The second-order valence-corrected chi connectivity index (χ2v) is 3.02. The highest BCUT2D eigenvalue weighted by Gasteiger charge is 2.05. The summed E-state index contributed by atoms with van der Waals surface area (Å²) in [6.07, 6.45) is 2.91. The molecule has 0 saturated carbocycles. The highest BCUT2D eigenvalue weighted by Crippen LogP contribution is 2.14. The van der Waals surface area contributed by atoms with Gasteiger partial charge in [0.25, 0.3) is 0 Å². The van der Waals surface area contributed by atoms with Crippen LogP contribution in [0, 0.1) is 0 Å². The van der Waals surface area contributed by atoms with E-state index in [-0.39, 0.29) is 11.2 Å². The van der Waals surface area contributed by atoms with Crippen molar-refractivity contribution in [3.8, 4) is 5.75 Å². The predicted molar refractivity (Wildman–Crippen MR) is 58.2 cm³/mol. The van der Waals surface area contributed by atoms with Crippen LogP contribution in [0.3, 0.4) is 0 Å². The second kappa shape index (κ2) is 4.00. The number of para-hydroxylation sites is 1. The van der Waals surface area contributed by atoms with E-state index < -0.39 is 0 Å². The summed E-state index contributed by atoms with van der Waals surface area (Å²) in [6.45, 7) is 3.80. The molecule has 0 atom stereocenters. The predicted octanol–water partition coefficient (Wildman–Crippen LogP) is 2.36. The standard InChI is InChI=1S/C12H10O3/c1-2-7-14-11-8-15-10-6-4-3-5-9(10)12(11)13/h2-6,8H,1,7H2. The van der Waals surface area contributed by atoms with Gasteiger partial charge in [-0.1, -0.05) is 24.8 Å². The van der Waals surface area contributed by atoms with E-state index in [4.69, 9.17) is 9.15 Å². The van der Waals surface area contributed by atoms with Gasteiger partial charge in [0.2, 0.25) is 11.2 Å². The molecular weight excluding hydrogens is 192 g/mol. The van der Waals surface area contributed by atoms with Crippen LogP contribution in [-0.2, 0) is 0 Å². The third kappa shape index (κ3) is 1.76. The third-order valence-corrected chi connectivity index (χ3v) is 2.01. The van der Waals surface area contributed by atoms with Gasteiger partial charge in [-0.15, -0.1) is 0 Å². The Balaban J connectivity index is 2.55. The Morgan fingerprint density at radius 2 is 2.20 bits per heavy atom. The van der Waals surface area contributed by atoms with E-state index in [0.29, 0.717) is 17.6 Å². The molecule has 2 rings (SSSR count). The number of ether oxygens (including phenoxy) is 1. The summed E-state index contributed by atoms with van der Waals surface area (Å²) < 4.78 is 10.4. The Morgan fingerprint density at radius 1 is 1.40 bits per heavy atom. The largest absolute Gasteiger partial charge is 0.482 e. The zero-order chi connectivity index (χ0) is 10.7. The fourth-order valence-electron chi connectivity index (χ4n) is 1.31. The topological polar surface area (TPSA) is 39.4 Å². The minimum Gasteiger partial charge on any atom is -0.482 e. The van der Waals surface area contributed by atoms with Gasteiger partial charge in [0.15, 0.2) is 0 Å². The van der Waals surface area contributed by atoms with Crippen LogP contribution in [0.2, 0.25) is 0 Å². The maximum absolute atomic E-state index is 11.8. The first-order valence-corrected chi connectivity index (χ1v) is 4.57. The summed E-state index contributed by atoms with van der Waals surface area (Å²) >= 11 is 0. The fourth-order valence-corrected chi connectivity index (χ4v) is 1.31. The Morgan fingerprint density at radius 3 is 3.00 bits per heavy atom.